The maximum Gasteiger partial charge on any atom is 0.139 e. The van der Waals surface area contributed by atoms with Crippen LogP contribution in [0.2, 0.25) is 0 Å². The molecular weight excluding hydrogens is 1030 g/mol. The van der Waals surface area contributed by atoms with Crippen LogP contribution in [0.25, 0.3) is 133 Å². The molecule has 1 unspecified atom stereocenters. The molecule has 0 amide bonds. The molecule has 17 aromatic rings. The first-order chi connectivity index (χ1) is 41.7. The Morgan fingerprint density at radius 1 is 0.274 bits per heavy atom. The molecule has 0 bridgehead atoms. The van der Waals surface area contributed by atoms with Gasteiger partial charge in [0.2, 0.25) is 0 Å². The summed E-state index contributed by atoms with van der Waals surface area (Å²) in [6, 6.07) is 92.2. The molecule has 8 nitrogen and oxygen atoms in total. The van der Waals surface area contributed by atoms with Crippen LogP contribution in [0.4, 0.5) is 0 Å². The number of para-hydroxylation sites is 7. The van der Waals surface area contributed by atoms with Gasteiger partial charge in [-0.25, -0.2) is 4.98 Å². The van der Waals surface area contributed by atoms with Crippen molar-refractivity contribution in [1.29, 1.82) is 0 Å². The highest BCUT2D eigenvalue weighted by Crippen LogP contribution is 2.62. The van der Waals surface area contributed by atoms with Crippen LogP contribution in [0.1, 0.15) is 22.3 Å². The molecule has 1 aliphatic carbocycles. The Labute approximate surface area is 480 Å². The predicted molar refractivity (Wildman–Crippen MR) is 340 cm³/mol. The number of rotatable bonds is 5. The lowest BCUT2D eigenvalue weighted by Gasteiger charge is -2.39. The number of pyridine rings is 3. The first-order valence-corrected chi connectivity index (χ1v) is 28.6. The van der Waals surface area contributed by atoms with E-state index in [0.717, 1.165) is 134 Å². The van der Waals surface area contributed by atoms with E-state index >= 15 is 0 Å². The Kier molecular flexibility index (Phi) is 9.11. The van der Waals surface area contributed by atoms with Gasteiger partial charge in [0.25, 0.3) is 0 Å². The summed E-state index contributed by atoms with van der Waals surface area (Å²) in [6.07, 6.45) is 5.86. The van der Waals surface area contributed by atoms with Gasteiger partial charge in [0.1, 0.15) is 17.3 Å². The van der Waals surface area contributed by atoms with Gasteiger partial charge in [-0.3, -0.25) is 14.5 Å². The molecular formula is C76H45N7O. The van der Waals surface area contributed by atoms with Crippen molar-refractivity contribution in [3.63, 3.8) is 0 Å². The molecule has 19 rings (SSSR count). The van der Waals surface area contributed by atoms with E-state index < -0.39 is 5.41 Å². The second-order valence-corrected chi connectivity index (χ2v) is 22.3. The summed E-state index contributed by atoms with van der Waals surface area (Å²) < 4.78 is 16.8. The molecule has 0 saturated carbocycles. The van der Waals surface area contributed by atoms with Crippen molar-refractivity contribution < 1.29 is 4.74 Å². The number of hydrogen-bond acceptors (Lipinski definition) is 4. The summed E-state index contributed by atoms with van der Waals surface area (Å²) in [6.45, 7) is 0. The monoisotopic (exact) mass is 1070 g/mol. The summed E-state index contributed by atoms with van der Waals surface area (Å²) in [4.78, 5) is 15.8. The molecule has 84 heavy (non-hydrogen) atoms. The zero-order chi connectivity index (χ0) is 54.8. The molecule has 1 atom stereocenters. The van der Waals surface area contributed by atoms with Gasteiger partial charge >= 0.3 is 0 Å². The maximum atomic E-state index is 7.36. The molecule has 10 aromatic carbocycles. The zero-order valence-corrected chi connectivity index (χ0v) is 45.0. The van der Waals surface area contributed by atoms with Crippen molar-refractivity contribution in [3.8, 4) is 56.9 Å². The fraction of sp³-hybridized carbons (Fsp3) is 0.0132. The lowest BCUT2D eigenvalue weighted by atomic mass is 9.66. The number of nitrogens with zero attached hydrogens (tertiary/aromatic N) is 7. The van der Waals surface area contributed by atoms with Crippen LogP contribution in [0.3, 0.4) is 0 Å². The average Bonchev–Trinajstić information content (AvgIpc) is 3.05. The van der Waals surface area contributed by atoms with Gasteiger partial charge in [-0.1, -0.05) is 152 Å². The minimum atomic E-state index is -0.897. The lowest BCUT2D eigenvalue weighted by Crippen LogP contribution is -2.32. The third-order valence-corrected chi connectivity index (χ3v) is 18.2. The van der Waals surface area contributed by atoms with Gasteiger partial charge in [0.15, 0.2) is 0 Å². The van der Waals surface area contributed by atoms with E-state index in [-0.39, 0.29) is 0 Å². The molecule has 0 fully saturated rings. The van der Waals surface area contributed by atoms with Crippen molar-refractivity contribution in [3.05, 3.63) is 296 Å². The van der Waals surface area contributed by atoms with E-state index in [2.05, 4.69) is 273 Å². The first kappa shape index (κ1) is 45.4. The van der Waals surface area contributed by atoms with Gasteiger partial charge in [0, 0.05) is 90.0 Å². The van der Waals surface area contributed by atoms with Gasteiger partial charge in [-0.05, 0) is 108 Å². The zero-order valence-electron chi connectivity index (χ0n) is 45.0. The molecule has 7 aromatic heterocycles. The highest BCUT2D eigenvalue weighted by Gasteiger charge is 2.53. The Morgan fingerprint density at radius 2 is 0.750 bits per heavy atom. The standard InChI is InChI=1S/C76H45N7O/c1-8-24-63-51(16-1)52-17-2-9-25-64(52)80(63)48-33-34-59-72(43-48)84-71-36-32-47(41-61(71)76(59)60-23-15-38-78-74(60)75-62(76)42-50(45-79-75)82-67-28-12-5-20-55(67)56-21-6-13-29-68(56)82)46-31-35-70-58(40-46)57-22-7-14-30-69(57)83(70)73-44-49(37-39-77-73)81-65-26-10-3-18-53(65)54-19-4-11-27-66(54)81/h1-45H. The van der Waals surface area contributed by atoms with Crippen molar-refractivity contribution in [2.45, 2.75) is 5.41 Å². The minimum absolute atomic E-state index is 0.780. The average molecular weight is 1070 g/mol. The normalized spacial score (nSPS) is 14.3. The fourth-order valence-corrected chi connectivity index (χ4v) is 14.7. The minimum Gasteiger partial charge on any atom is -0.457 e. The van der Waals surface area contributed by atoms with E-state index in [0.29, 0.717) is 0 Å². The predicted octanol–water partition coefficient (Wildman–Crippen LogP) is 18.4. The van der Waals surface area contributed by atoms with Crippen LogP contribution in [-0.4, -0.2) is 33.2 Å². The smallest absolute Gasteiger partial charge is 0.139 e. The summed E-state index contributed by atoms with van der Waals surface area (Å²) >= 11 is 0. The fourth-order valence-electron chi connectivity index (χ4n) is 14.7. The molecule has 8 heteroatoms. The quantitative estimate of drug-likeness (QED) is 0.172. The summed E-state index contributed by atoms with van der Waals surface area (Å²) in [7, 11) is 0. The second-order valence-electron chi connectivity index (χ2n) is 22.3. The summed E-state index contributed by atoms with van der Waals surface area (Å²) in [5.74, 6) is 2.41. The SMILES string of the molecule is c1cnc2c(c1)C1(c3ccc(-n4c5ccccc5c5ccccc54)cc3Oc3ccc(-c4ccc5c(c4)c4ccccc4n5-c4cc(-n5c6ccccc6c6ccccc65)ccn4)cc31)c1cc(-n3c4ccccc4c4ccccc43)cnc1-2. The van der Waals surface area contributed by atoms with Crippen molar-refractivity contribution in [1.82, 2.24) is 33.2 Å². The number of fused-ring (bicyclic) bond motifs is 21. The lowest BCUT2D eigenvalue weighted by molar-refractivity contribution is 0.436. The summed E-state index contributed by atoms with van der Waals surface area (Å²) in [5, 5.41) is 9.55. The Hall–Kier alpha value is -11.4. The molecule has 8 heterocycles. The Balaban J connectivity index is 0.827. The van der Waals surface area contributed by atoms with Crippen LogP contribution in [-0.2, 0) is 5.41 Å². The topological polar surface area (TPSA) is 67.6 Å². The second kappa shape index (κ2) is 16.9. The van der Waals surface area contributed by atoms with E-state index in [1.165, 1.54) is 32.3 Å². The first-order valence-electron chi connectivity index (χ1n) is 28.6. The van der Waals surface area contributed by atoms with Crippen molar-refractivity contribution >= 4 is 87.2 Å². The van der Waals surface area contributed by atoms with E-state index in [9.17, 15) is 0 Å². The number of ether oxygens (including phenoxy) is 1. The number of hydrogen-bond donors (Lipinski definition) is 0. The molecule has 0 N–H and O–H groups in total. The molecule has 1 aliphatic heterocycles. The van der Waals surface area contributed by atoms with Crippen LogP contribution in [0.15, 0.2) is 273 Å². The highest BCUT2D eigenvalue weighted by atomic mass is 16.5. The Bertz CT molecular complexity index is 5540. The van der Waals surface area contributed by atoms with Crippen LogP contribution in [0.5, 0.6) is 11.5 Å². The van der Waals surface area contributed by atoms with Gasteiger partial charge < -0.3 is 18.4 Å². The van der Waals surface area contributed by atoms with E-state index in [4.69, 9.17) is 19.7 Å². The van der Waals surface area contributed by atoms with E-state index in [1.807, 2.05) is 18.6 Å². The van der Waals surface area contributed by atoms with E-state index in [1.54, 1.807) is 0 Å². The third kappa shape index (κ3) is 6.02. The summed E-state index contributed by atoms with van der Waals surface area (Å²) in [5.41, 5.74) is 19.2. The third-order valence-electron chi connectivity index (χ3n) is 18.2. The van der Waals surface area contributed by atoms with Crippen LogP contribution >= 0.6 is 0 Å². The maximum absolute atomic E-state index is 7.36. The van der Waals surface area contributed by atoms with Gasteiger partial charge in [-0.2, -0.15) is 0 Å². The molecule has 390 valence electrons. The molecule has 0 radical (unpaired) electrons. The Morgan fingerprint density at radius 3 is 1.33 bits per heavy atom. The molecule has 2 aliphatic rings. The van der Waals surface area contributed by atoms with Gasteiger partial charge in [-0.15, -0.1) is 0 Å². The van der Waals surface area contributed by atoms with Crippen molar-refractivity contribution in [2.75, 3.05) is 0 Å². The molecule has 0 saturated heterocycles. The van der Waals surface area contributed by atoms with Crippen molar-refractivity contribution in [2.24, 2.45) is 0 Å². The molecule has 1 spiro atoms. The highest BCUT2D eigenvalue weighted by molar-refractivity contribution is 6.13. The van der Waals surface area contributed by atoms with Crippen LogP contribution in [0, 0.1) is 0 Å². The number of benzene rings is 10. The van der Waals surface area contributed by atoms with Gasteiger partial charge in [0.05, 0.1) is 78.5 Å². The van der Waals surface area contributed by atoms with Crippen LogP contribution < -0.4 is 4.74 Å². The number of aromatic nitrogens is 7. The largest absolute Gasteiger partial charge is 0.457 e.